The van der Waals surface area contributed by atoms with E-state index < -0.39 is 28.0 Å². The predicted octanol–water partition coefficient (Wildman–Crippen LogP) is 4.89. The van der Waals surface area contributed by atoms with Gasteiger partial charge in [-0.05, 0) is 50.0 Å². The Morgan fingerprint density at radius 3 is 2.62 bits per heavy atom. The van der Waals surface area contributed by atoms with Crippen LogP contribution < -0.4 is 5.06 Å². The van der Waals surface area contributed by atoms with E-state index in [9.17, 15) is 26.8 Å². The van der Waals surface area contributed by atoms with Crippen LogP contribution in [0.15, 0.2) is 53.1 Å². The number of ether oxygens (including phenoxy) is 1. The minimum atomic E-state index is -4.34. The fourth-order valence-corrected chi connectivity index (χ4v) is 4.88. The number of rotatable bonds is 6. The van der Waals surface area contributed by atoms with Crippen molar-refractivity contribution in [2.75, 3.05) is 23.2 Å². The van der Waals surface area contributed by atoms with Crippen molar-refractivity contribution in [2.24, 2.45) is 5.41 Å². The first-order valence-electron chi connectivity index (χ1n) is 10.3. The van der Waals surface area contributed by atoms with E-state index in [2.05, 4.69) is 4.98 Å². The van der Waals surface area contributed by atoms with Gasteiger partial charge in [-0.25, -0.2) is 13.5 Å². The van der Waals surface area contributed by atoms with Crippen molar-refractivity contribution in [3.63, 3.8) is 0 Å². The summed E-state index contributed by atoms with van der Waals surface area (Å²) >= 11 is 0. The number of fused-ring (bicyclic) bond motifs is 1. The summed E-state index contributed by atoms with van der Waals surface area (Å²) in [7, 11) is -3.28. The van der Waals surface area contributed by atoms with Gasteiger partial charge in [0.15, 0.2) is 9.84 Å². The van der Waals surface area contributed by atoms with Crippen LogP contribution in [0.5, 0.6) is 0 Å². The molecular weight excluding hydrogens is 445 g/mol. The molecule has 0 aromatic carbocycles. The van der Waals surface area contributed by atoms with Crippen LogP contribution in [-0.4, -0.2) is 42.9 Å². The summed E-state index contributed by atoms with van der Waals surface area (Å²) < 4.78 is 70.3. The minimum Gasteiger partial charge on any atom is -0.492 e. The van der Waals surface area contributed by atoms with Crippen LogP contribution in [-0.2, 0) is 14.6 Å². The number of anilines is 1. The third-order valence-electron chi connectivity index (χ3n) is 6.22. The summed E-state index contributed by atoms with van der Waals surface area (Å²) in [6.07, 6.45) is 2.50. The maximum atomic E-state index is 13.4. The third-order valence-corrected chi connectivity index (χ3v) is 7.91. The van der Waals surface area contributed by atoms with Gasteiger partial charge >= 0.3 is 6.18 Å². The summed E-state index contributed by atoms with van der Waals surface area (Å²) in [5.41, 5.74) is 1.24. The summed E-state index contributed by atoms with van der Waals surface area (Å²) in [6.45, 7) is 2.78. The number of hydrogen-bond donors (Lipinski definition) is 2. The highest BCUT2D eigenvalue weighted by Gasteiger charge is 2.64. The van der Waals surface area contributed by atoms with Crippen molar-refractivity contribution in [2.45, 2.75) is 39.3 Å². The van der Waals surface area contributed by atoms with E-state index >= 15 is 0 Å². The van der Waals surface area contributed by atoms with Gasteiger partial charge in [-0.1, -0.05) is 18.6 Å². The quantitative estimate of drug-likeness (QED) is 0.619. The highest BCUT2D eigenvalue weighted by atomic mass is 32.2. The molecular formula is C22H25F3N2O4S. The first-order chi connectivity index (χ1) is 15.0. The second kappa shape index (κ2) is 7.84. The van der Waals surface area contributed by atoms with Gasteiger partial charge in [-0.15, -0.1) is 0 Å². The maximum Gasteiger partial charge on any atom is 0.397 e. The summed E-state index contributed by atoms with van der Waals surface area (Å²) in [5, 5.41) is 11.3. The van der Waals surface area contributed by atoms with Gasteiger partial charge < -0.3 is 9.72 Å². The number of hydrogen-bond acceptors (Lipinski definition) is 5. The number of alkyl halides is 3. The number of sulfone groups is 1. The Balaban J connectivity index is 1.74. The standard InChI is InChI=1S/C22H25F3N2O4S/c1-3-32(29,30)12-15-4-5-19(31-13-21(7-8-21)22(23,24)25)18(11-15)17-10-14(2)27(28)20-16(17)6-9-26-20/h4-6,9-10,26,28H,3,7-8,11-13H2,1-2H3. The zero-order valence-electron chi connectivity index (χ0n) is 17.8. The molecule has 1 aromatic heterocycles. The van der Waals surface area contributed by atoms with E-state index in [1.54, 1.807) is 44.3 Å². The SMILES string of the molecule is CCS(=O)(=O)CC1=CC=C(OCC2(C(F)(F)F)CC2)C(=C2C=C(C)N(O)c3[nH]ccc32)C1. The second-order valence-electron chi connectivity index (χ2n) is 8.51. The lowest BCUT2D eigenvalue weighted by Crippen LogP contribution is -2.29. The zero-order valence-corrected chi connectivity index (χ0v) is 18.6. The molecule has 2 aliphatic carbocycles. The molecule has 1 fully saturated rings. The fraction of sp³-hybridized carbons (Fsp3) is 0.455. The van der Waals surface area contributed by atoms with Gasteiger partial charge in [0.2, 0.25) is 0 Å². The minimum absolute atomic E-state index is 0.00212. The highest BCUT2D eigenvalue weighted by molar-refractivity contribution is 7.91. The molecule has 174 valence electrons. The van der Waals surface area contributed by atoms with Crippen LogP contribution in [0.2, 0.25) is 0 Å². The van der Waals surface area contributed by atoms with Gasteiger partial charge in [0.1, 0.15) is 23.6 Å². The van der Waals surface area contributed by atoms with Crippen LogP contribution in [0.1, 0.15) is 38.7 Å². The predicted molar refractivity (Wildman–Crippen MR) is 115 cm³/mol. The number of aromatic amines is 1. The molecule has 0 bridgehead atoms. The number of nitrogens with one attached hydrogen (secondary N) is 1. The Kier molecular flexibility index (Phi) is 5.57. The lowest BCUT2D eigenvalue weighted by atomic mass is 9.89. The topological polar surface area (TPSA) is 82.6 Å². The zero-order chi connectivity index (χ0) is 23.3. The molecule has 3 aliphatic rings. The van der Waals surface area contributed by atoms with E-state index in [0.29, 0.717) is 33.8 Å². The van der Waals surface area contributed by atoms with Crippen LogP contribution in [0.25, 0.3) is 5.57 Å². The number of aromatic nitrogens is 1. The first-order valence-corrected chi connectivity index (χ1v) is 12.2. The maximum absolute atomic E-state index is 13.4. The molecule has 1 aliphatic heterocycles. The molecule has 6 nitrogen and oxygen atoms in total. The van der Waals surface area contributed by atoms with Crippen molar-refractivity contribution in [3.05, 3.63) is 58.7 Å². The van der Waals surface area contributed by atoms with Crippen molar-refractivity contribution in [1.29, 1.82) is 0 Å². The average molecular weight is 471 g/mol. The molecule has 2 N–H and O–H groups in total. The summed E-state index contributed by atoms with van der Waals surface area (Å²) in [6, 6.07) is 1.75. The number of hydroxylamine groups is 1. The van der Waals surface area contributed by atoms with Crippen LogP contribution in [0.4, 0.5) is 19.0 Å². The van der Waals surface area contributed by atoms with E-state index in [1.807, 2.05) is 0 Å². The van der Waals surface area contributed by atoms with Gasteiger partial charge in [0.05, 0.1) is 5.75 Å². The Labute approximate surface area is 184 Å². The number of halogens is 3. The molecule has 4 rings (SSSR count). The van der Waals surface area contributed by atoms with Crippen molar-refractivity contribution in [1.82, 2.24) is 4.98 Å². The molecule has 0 atom stereocenters. The van der Waals surface area contributed by atoms with Crippen molar-refractivity contribution in [3.8, 4) is 0 Å². The third kappa shape index (κ3) is 4.13. The molecule has 1 saturated carbocycles. The number of allylic oxidation sites excluding steroid dienone is 6. The van der Waals surface area contributed by atoms with E-state index in [1.165, 1.54) is 0 Å². The van der Waals surface area contributed by atoms with E-state index in [0.717, 1.165) is 5.06 Å². The smallest absolute Gasteiger partial charge is 0.397 e. The highest BCUT2D eigenvalue weighted by Crippen LogP contribution is 2.58. The number of nitrogens with zero attached hydrogens (tertiary/aromatic N) is 1. The fourth-order valence-electron chi connectivity index (χ4n) is 3.92. The first kappa shape index (κ1) is 22.7. The van der Waals surface area contributed by atoms with E-state index in [4.69, 9.17) is 4.74 Å². The lowest BCUT2D eigenvalue weighted by Gasteiger charge is -2.28. The molecule has 0 spiro atoms. The second-order valence-corrected chi connectivity index (χ2v) is 10.9. The average Bonchev–Trinajstić information content (AvgIpc) is 3.38. The molecule has 1 aromatic rings. The number of H-pyrrole nitrogens is 1. The molecule has 10 heteroatoms. The molecule has 0 amide bonds. The molecule has 2 heterocycles. The molecule has 0 unspecified atom stereocenters. The molecule has 0 saturated heterocycles. The normalized spacial score (nSPS) is 22.7. The monoisotopic (exact) mass is 470 g/mol. The van der Waals surface area contributed by atoms with Gasteiger partial charge in [0.25, 0.3) is 0 Å². The Morgan fingerprint density at radius 1 is 1.28 bits per heavy atom. The Bertz CT molecular complexity index is 1150. The van der Waals surface area contributed by atoms with Gasteiger partial charge in [-0.3, -0.25) is 5.21 Å². The van der Waals surface area contributed by atoms with Crippen LogP contribution in [0, 0.1) is 5.41 Å². The largest absolute Gasteiger partial charge is 0.492 e. The summed E-state index contributed by atoms with van der Waals surface area (Å²) in [4.78, 5) is 2.95. The molecule has 32 heavy (non-hydrogen) atoms. The van der Waals surface area contributed by atoms with Crippen molar-refractivity contribution >= 4 is 21.2 Å². The lowest BCUT2D eigenvalue weighted by molar-refractivity contribution is -0.198. The Hall–Kier alpha value is -2.46. The molecule has 0 radical (unpaired) electrons. The van der Waals surface area contributed by atoms with E-state index in [-0.39, 0.29) is 36.5 Å². The van der Waals surface area contributed by atoms with Crippen LogP contribution >= 0.6 is 0 Å². The van der Waals surface area contributed by atoms with Crippen LogP contribution in [0.3, 0.4) is 0 Å². The Morgan fingerprint density at radius 2 is 2.00 bits per heavy atom. The summed E-state index contributed by atoms with van der Waals surface area (Å²) in [5.74, 6) is 0.581. The van der Waals surface area contributed by atoms with Gasteiger partial charge in [-0.2, -0.15) is 13.2 Å². The van der Waals surface area contributed by atoms with Crippen molar-refractivity contribution < 1.29 is 31.5 Å². The van der Waals surface area contributed by atoms with Gasteiger partial charge in [0, 0.05) is 28.8 Å².